The molecule has 7 heteroatoms. The number of hydrogen-bond donors (Lipinski definition) is 2. The number of aliphatic hydroxyl groups excluding tert-OH is 1. The van der Waals surface area contributed by atoms with Crippen LogP contribution in [0.15, 0.2) is 12.3 Å². The summed E-state index contributed by atoms with van der Waals surface area (Å²) in [7, 11) is 0. The number of amides is 1. The Bertz CT molecular complexity index is 504. The molecule has 2 fully saturated rings. The molecule has 0 aliphatic carbocycles. The fourth-order valence-corrected chi connectivity index (χ4v) is 3.39. The first-order chi connectivity index (χ1) is 11.3. The lowest BCUT2D eigenvalue weighted by atomic mass is 9.97. The Kier molecular flexibility index (Phi) is 5.64. The molecule has 7 nitrogen and oxygen atoms in total. The maximum atomic E-state index is 12.4. The monoisotopic (exact) mass is 321 g/mol. The Morgan fingerprint density at radius 1 is 1.35 bits per heavy atom. The van der Waals surface area contributed by atoms with Crippen LogP contribution >= 0.6 is 0 Å². The summed E-state index contributed by atoms with van der Waals surface area (Å²) < 4.78 is 1.77. The molecule has 1 aromatic heterocycles. The van der Waals surface area contributed by atoms with E-state index < -0.39 is 0 Å². The van der Waals surface area contributed by atoms with Crippen LogP contribution < -0.4 is 5.32 Å². The molecule has 2 N–H and O–H groups in total. The van der Waals surface area contributed by atoms with Crippen molar-refractivity contribution in [2.75, 3.05) is 52.4 Å². The topological polar surface area (TPSA) is 73.6 Å². The van der Waals surface area contributed by atoms with Gasteiger partial charge in [-0.05, 0) is 25.5 Å². The second kappa shape index (κ2) is 7.90. The van der Waals surface area contributed by atoms with E-state index in [1.54, 1.807) is 4.68 Å². The number of nitrogens with zero attached hydrogens (tertiary/aromatic N) is 4. The van der Waals surface area contributed by atoms with E-state index in [0.717, 1.165) is 45.0 Å². The van der Waals surface area contributed by atoms with Crippen LogP contribution in [-0.2, 0) is 11.3 Å². The fourth-order valence-electron chi connectivity index (χ4n) is 3.39. The van der Waals surface area contributed by atoms with Crippen LogP contribution in [-0.4, -0.2) is 83.0 Å². The van der Waals surface area contributed by atoms with Crippen LogP contribution in [0.5, 0.6) is 0 Å². The molecule has 2 saturated heterocycles. The van der Waals surface area contributed by atoms with Crippen molar-refractivity contribution in [3.05, 3.63) is 18.0 Å². The molecule has 0 aromatic carbocycles. The lowest BCUT2D eigenvalue weighted by Gasteiger charge is -2.34. The second-order valence-electron chi connectivity index (χ2n) is 6.43. The molecule has 0 saturated carbocycles. The Labute approximate surface area is 137 Å². The molecule has 0 spiro atoms. The first-order valence-electron chi connectivity index (χ1n) is 8.61. The highest BCUT2D eigenvalue weighted by atomic mass is 16.3. The summed E-state index contributed by atoms with van der Waals surface area (Å²) in [5.74, 6) is 0.604. The molecular formula is C16H27N5O2. The van der Waals surface area contributed by atoms with Crippen LogP contribution in [0.1, 0.15) is 24.5 Å². The van der Waals surface area contributed by atoms with Gasteiger partial charge in [-0.3, -0.25) is 14.4 Å². The third kappa shape index (κ3) is 4.31. The molecule has 1 aromatic rings. The fraction of sp³-hybridized carbons (Fsp3) is 0.750. The van der Waals surface area contributed by atoms with Gasteiger partial charge in [0.15, 0.2) is 0 Å². The normalized spacial score (nSPS) is 23.2. The van der Waals surface area contributed by atoms with Crippen molar-refractivity contribution in [2.24, 2.45) is 0 Å². The van der Waals surface area contributed by atoms with Crippen molar-refractivity contribution in [3.8, 4) is 0 Å². The van der Waals surface area contributed by atoms with Crippen LogP contribution in [0.2, 0.25) is 0 Å². The minimum absolute atomic E-state index is 0.130. The van der Waals surface area contributed by atoms with Gasteiger partial charge < -0.3 is 15.3 Å². The zero-order chi connectivity index (χ0) is 16.1. The quantitative estimate of drug-likeness (QED) is 0.764. The number of nitrogens with one attached hydrogen (secondary N) is 1. The van der Waals surface area contributed by atoms with Crippen LogP contribution in [0.25, 0.3) is 0 Å². The number of carbonyl (C=O) groups excluding carboxylic acids is 1. The van der Waals surface area contributed by atoms with Gasteiger partial charge in [0.1, 0.15) is 6.54 Å². The molecule has 0 unspecified atom stereocenters. The number of piperazine rings is 1. The first-order valence-corrected chi connectivity index (χ1v) is 8.61. The molecule has 2 aliphatic heterocycles. The van der Waals surface area contributed by atoms with Crippen LogP contribution in [0.3, 0.4) is 0 Å². The zero-order valence-electron chi connectivity index (χ0n) is 13.7. The van der Waals surface area contributed by atoms with Gasteiger partial charge in [-0.1, -0.05) is 0 Å². The van der Waals surface area contributed by atoms with E-state index in [1.807, 2.05) is 17.2 Å². The highest BCUT2D eigenvalue weighted by Gasteiger charge is 2.22. The number of aromatic nitrogens is 2. The predicted molar refractivity (Wildman–Crippen MR) is 87.2 cm³/mol. The van der Waals surface area contributed by atoms with Gasteiger partial charge in [-0.2, -0.15) is 5.10 Å². The molecule has 3 heterocycles. The van der Waals surface area contributed by atoms with Gasteiger partial charge in [0, 0.05) is 51.4 Å². The van der Waals surface area contributed by atoms with Gasteiger partial charge in [0.2, 0.25) is 5.91 Å². The Hall–Kier alpha value is -1.44. The highest BCUT2D eigenvalue weighted by molar-refractivity contribution is 5.76. The Morgan fingerprint density at radius 3 is 2.87 bits per heavy atom. The second-order valence-corrected chi connectivity index (χ2v) is 6.43. The molecule has 1 amide bonds. The van der Waals surface area contributed by atoms with Gasteiger partial charge in [-0.15, -0.1) is 0 Å². The van der Waals surface area contributed by atoms with E-state index in [2.05, 4.69) is 15.3 Å². The molecule has 128 valence electrons. The van der Waals surface area contributed by atoms with Crippen molar-refractivity contribution in [2.45, 2.75) is 25.3 Å². The van der Waals surface area contributed by atoms with E-state index in [9.17, 15) is 4.79 Å². The van der Waals surface area contributed by atoms with Gasteiger partial charge >= 0.3 is 0 Å². The maximum absolute atomic E-state index is 12.4. The van der Waals surface area contributed by atoms with Gasteiger partial charge in [0.05, 0.1) is 12.3 Å². The summed E-state index contributed by atoms with van der Waals surface area (Å²) >= 11 is 0. The van der Waals surface area contributed by atoms with E-state index in [4.69, 9.17) is 5.11 Å². The maximum Gasteiger partial charge on any atom is 0.244 e. The summed E-state index contributed by atoms with van der Waals surface area (Å²) in [6.07, 6.45) is 4.28. The summed E-state index contributed by atoms with van der Waals surface area (Å²) in [5.41, 5.74) is 1.10. The molecule has 3 rings (SSSR count). The Morgan fingerprint density at radius 2 is 2.17 bits per heavy atom. The van der Waals surface area contributed by atoms with Crippen LogP contribution in [0, 0.1) is 0 Å². The number of aliphatic hydroxyl groups is 1. The number of piperidine rings is 1. The highest BCUT2D eigenvalue weighted by Crippen LogP contribution is 2.21. The average Bonchev–Trinajstić information content (AvgIpc) is 3.05. The lowest BCUT2D eigenvalue weighted by Crippen LogP contribution is -2.50. The van der Waals surface area contributed by atoms with Crippen molar-refractivity contribution >= 4 is 5.91 Å². The zero-order valence-corrected chi connectivity index (χ0v) is 13.7. The number of β-amino-alcohol motifs (C(OH)–C–C–N with tert-alkyl or cyclic N) is 1. The number of hydrogen-bond acceptors (Lipinski definition) is 5. The third-order valence-corrected chi connectivity index (χ3v) is 4.81. The smallest absolute Gasteiger partial charge is 0.244 e. The molecule has 0 radical (unpaired) electrons. The van der Waals surface area contributed by atoms with Gasteiger partial charge in [-0.25, -0.2) is 0 Å². The largest absolute Gasteiger partial charge is 0.395 e. The Balaban J connectivity index is 1.49. The van der Waals surface area contributed by atoms with Crippen LogP contribution in [0.4, 0.5) is 0 Å². The lowest BCUT2D eigenvalue weighted by molar-refractivity contribution is -0.133. The standard InChI is InChI=1S/C16H27N5O2/c22-11-10-19-6-8-20(9-7-19)16(23)13-21-5-3-15(18-21)14-2-1-4-17-12-14/h3,5,14,17,22H,1-2,4,6-13H2/t14-/m0/s1. The van der Waals surface area contributed by atoms with E-state index in [0.29, 0.717) is 19.0 Å². The molecule has 1 atom stereocenters. The molecule has 0 bridgehead atoms. The summed E-state index contributed by atoms with van der Waals surface area (Å²) in [6, 6.07) is 2.05. The average molecular weight is 321 g/mol. The molecular weight excluding hydrogens is 294 g/mol. The minimum atomic E-state index is 0.130. The summed E-state index contributed by atoms with van der Waals surface area (Å²) in [5, 5.41) is 17.0. The van der Waals surface area contributed by atoms with Gasteiger partial charge in [0.25, 0.3) is 0 Å². The number of rotatable bonds is 5. The number of carbonyl (C=O) groups is 1. The van der Waals surface area contributed by atoms with Crippen molar-refractivity contribution in [1.29, 1.82) is 0 Å². The first kappa shape index (κ1) is 16.4. The molecule has 23 heavy (non-hydrogen) atoms. The van der Waals surface area contributed by atoms with Crippen molar-refractivity contribution in [1.82, 2.24) is 24.9 Å². The molecule has 2 aliphatic rings. The van der Waals surface area contributed by atoms with E-state index in [-0.39, 0.29) is 12.5 Å². The van der Waals surface area contributed by atoms with E-state index >= 15 is 0 Å². The van der Waals surface area contributed by atoms with E-state index in [1.165, 1.54) is 12.8 Å². The summed E-state index contributed by atoms with van der Waals surface area (Å²) in [6.45, 7) is 6.42. The SMILES string of the molecule is O=C(Cn1ccc([C@H]2CCCNC2)n1)N1CCN(CCO)CC1. The minimum Gasteiger partial charge on any atom is -0.395 e. The third-order valence-electron chi connectivity index (χ3n) is 4.81. The van der Waals surface area contributed by atoms with Crippen molar-refractivity contribution in [3.63, 3.8) is 0 Å². The van der Waals surface area contributed by atoms with Crippen molar-refractivity contribution < 1.29 is 9.90 Å². The predicted octanol–water partition coefficient (Wildman–Crippen LogP) is -0.513. The summed E-state index contributed by atoms with van der Waals surface area (Å²) in [4.78, 5) is 16.5.